The van der Waals surface area contributed by atoms with E-state index in [1.807, 2.05) is 30.3 Å². The number of phenols is 2. The van der Waals surface area contributed by atoms with Gasteiger partial charge < -0.3 is 20.3 Å². The summed E-state index contributed by atoms with van der Waals surface area (Å²) < 4.78 is 5.40. The summed E-state index contributed by atoms with van der Waals surface area (Å²) in [5, 5.41) is 28.2. The molecule has 0 radical (unpaired) electrons. The van der Waals surface area contributed by atoms with Gasteiger partial charge in [-0.1, -0.05) is 54.6 Å². The molecule has 30 heavy (non-hydrogen) atoms. The lowest BCUT2D eigenvalue weighted by atomic mass is 9.96. The Kier molecular flexibility index (Phi) is 4.34. The fourth-order valence-electron chi connectivity index (χ4n) is 3.82. The Bertz CT molecular complexity index is 1320. The molecule has 0 aliphatic carbocycles. The minimum Gasteiger partial charge on any atom is -0.507 e. The van der Waals surface area contributed by atoms with Crippen molar-refractivity contribution >= 4 is 33.2 Å². The average Bonchev–Trinajstić information content (AvgIpc) is 2.78. The van der Waals surface area contributed by atoms with E-state index in [9.17, 15) is 10.2 Å². The predicted molar refractivity (Wildman–Crippen MR) is 118 cm³/mol. The first-order valence-corrected chi connectivity index (χ1v) is 9.53. The van der Waals surface area contributed by atoms with E-state index >= 15 is 0 Å². The second-order valence-corrected chi connectivity index (χ2v) is 7.00. The second kappa shape index (κ2) is 7.17. The number of rotatable bonds is 3. The minimum absolute atomic E-state index is 0.0827. The molecule has 0 fully saturated rings. The van der Waals surface area contributed by atoms with Gasteiger partial charge in [0.15, 0.2) is 0 Å². The number of methoxy groups -OCH3 is 1. The topological polar surface area (TPSA) is 86.4 Å². The highest BCUT2D eigenvalue weighted by Gasteiger charge is 2.24. The summed E-state index contributed by atoms with van der Waals surface area (Å²) in [5.41, 5.74) is 1.09. The highest BCUT2D eigenvalue weighted by Crippen LogP contribution is 2.31. The van der Waals surface area contributed by atoms with Crippen molar-refractivity contribution in [3.63, 3.8) is 0 Å². The highest BCUT2D eigenvalue weighted by atomic mass is 16.5. The number of aliphatic imine (C=N–C) groups is 2. The van der Waals surface area contributed by atoms with Crippen LogP contribution in [-0.2, 0) is 4.74 Å². The molecule has 1 atom stereocenters. The largest absolute Gasteiger partial charge is 0.507 e. The number of nitrogens with zero attached hydrogens (tertiary/aromatic N) is 2. The Balaban J connectivity index is 1.70. The summed E-state index contributed by atoms with van der Waals surface area (Å²) in [6, 6.07) is 23.0. The molecule has 1 heterocycles. The first-order chi connectivity index (χ1) is 14.7. The third kappa shape index (κ3) is 2.94. The molecule has 4 aromatic rings. The van der Waals surface area contributed by atoms with Crippen molar-refractivity contribution < 1.29 is 14.9 Å². The normalized spacial score (nSPS) is 16.2. The van der Waals surface area contributed by atoms with Crippen LogP contribution >= 0.6 is 0 Å². The van der Waals surface area contributed by atoms with Gasteiger partial charge in [-0.2, -0.15) is 0 Å². The van der Waals surface area contributed by atoms with Crippen LogP contribution in [0.2, 0.25) is 0 Å². The number of nitrogens with one attached hydrogen (secondary N) is 1. The Morgan fingerprint density at radius 1 is 0.767 bits per heavy atom. The van der Waals surface area contributed by atoms with Crippen LogP contribution in [-0.4, -0.2) is 35.3 Å². The zero-order chi connectivity index (χ0) is 20.7. The summed E-state index contributed by atoms with van der Waals surface area (Å²) >= 11 is 0. The fraction of sp³-hybridized carbons (Fsp3) is 0.0833. The maximum Gasteiger partial charge on any atom is 0.249 e. The summed E-state index contributed by atoms with van der Waals surface area (Å²) in [7, 11) is 1.52. The number of hydrogen-bond acceptors (Lipinski definition) is 6. The molecule has 1 aliphatic heterocycles. The fourth-order valence-corrected chi connectivity index (χ4v) is 3.82. The molecule has 0 amide bonds. The number of ether oxygens (including phenoxy) is 1. The van der Waals surface area contributed by atoms with E-state index in [4.69, 9.17) is 4.74 Å². The Hall–Kier alpha value is -3.90. The van der Waals surface area contributed by atoms with Crippen LogP contribution in [0.5, 0.6) is 11.5 Å². The predicted octanol–water partition coefficient (Wildman–Crippen LogP) is 4.13. The number of fused-ring (bicyclic) bond motifs is 3. The SMILES string of the molecule is COC1N=C(c2c(O)cccc2O)NC(c2cc3ccccc3c3ccccc23)=N1. The molecule has 6 heteroatoms. The first-order valence-electron chi connectivity index (χ1n) is 9.53. The molecule has 1 unspecified atom stereocenters. The van der Waals surface area contributed by atoms with Gasteiger partial charge in [0, 0.05) is 12.7 Å². The Morgan fingerprint density at radius 3 is 2.13 bits per heavy atom. The van der Waals surface area contributed by atoms with Crippen molar-refractivity contribution in [2.45, 2.75) is 6.35 Å². The third-order valence-electron chi connectivity index (χ3n) is 5.21. The molecule has 0 saturated heterocycles. The van der Waals surface area contributed by atoms with Gasteiger partial charge in [-0.05, 0) is 39.7 Å². The summed E-state index contributed by atoms with van der Waals surface area (Å²) in [4.78, 5) is 8.98. The number of benzene rings is 4. The maximum atomic E-state index is 10.3. The smallest absolute Gasteiger partial charge is 0.249 e. The molecule has 6 nitrogen and oxygen atoms in total. The van der Waals surface area contributed by atoms with Crippen LogP contribution in [0.1, 0.15) is 11.1 Å². The minimum atomic E-state index is -0.805. The molecule has 1 aliphatic rings. The van der Waals surface area contributed by atoms with Crippen molar-refractivity contribution in [3.05, 3.63) is 83.9 Å². The van der Waals surface area contributed by atoms with E-state index in [1.54, 1.807) is 6.07 Å². The number of aromatic hydroxyl groups is 2. The van der Waals surface area contributed by atoms with Crippen molar-refractivity contribution in [2.75, 3.05) is 7.11 Å². The van der Waals surface area contributed by atoms with Gasteiger partial charge in [-0.3, -0.25) is 0 Å². The van der Waals surface area contributed by atoms with E-state index in [2.05, 4.69) is 39.6 Å². The lowest BCUT2D eigenvalue weighted by Gasteiger charge is -2.23. The van der Waals surface area contributed by atoms with Gasteiger partial charge in [0.25, 0.3) is 0 Å². The van der Waals surface area contributed by atoms with E-state index < -0.39 is 6.35 Å². The summed E-state index contributed by atoms with van der Waals surface area (Å²) in [6.07, 6.45) is -0.805. The van der Waals surface area contributed by atoms with Crippen molar-refractivity contribution in [2.24, 2.45) is 9.98 Å². The van der Waals surface area contributed by atoms with E-state index in [1.165, 1.54) is 19.2 Å². The first kappa shape index (κ1) is 18.1. The van der Waals surface area contributed by atoms with Crippen LogP contribution in [0.25, 0.3) is 21.5 Å². The van der Waals surface area contributed by atoms with Gasteiger partial charge in [-0.25, -0.2) is 9.98 Å². The third-order valence-corrected chi connectivity index (χ3v) is 5.21. The van der Waals surface area contributed by atoms with Crippen LogP contribution in [0.3, 0.4) is 0 Å². The van der Waals surface area contributed by atoms with Crippen LogP contribution < -0.4 is 5.32 Å². The van der Waals surface area contributed by atoms with E-state index in [0.717, 1.165) is 27.1 Å². The van der Waals surface area contributed by atoms with Crippen molar-refractivity contribution in [1.29, 1.82) is 0 Å². The molecule has 0 bridgehead atoms. The van der Waals surface area contributed by atoms with Crippen LogP contribution in [0.4, 0.5) is 0 Å². The Morgan fingerprint density at radius 2 is 1.40 bits per heavy atom. The van der Waals surface area contributed by atoms with Gasteiger partial charge in [0.1, 0.15) is 28.7 Å². The number of phenolic OH excluding ortho intramolecular Hbond substituents is 2. The molecular weight excluding hydrogens is 378 g/mol. The zero-order valence-corrected chi connectivity index (χ0v) is 16.2. The lowest BCUT2D eigenvalue weighted by Crippen LogP contribution is -2.38. The molecule has 0 saturated carbocycles. The van der Waals surface area contributed by atoms with E-state index in [0.29, 0.717) is 11.7 Å². The molecule has 148 valence electrons. The summed E-state index contributed by atoms with van der Waals surface area (Å²) in [5.74, 6) is 0.678. The highest BCUT2D eigenvalue weighted by molar-refractivity contribution is 6.24. The van der Waals surface area contributed by atoms with Gasteiger partial charge in [-0.15, -0.1) is 0 Å². The van der Waals surface area contributed by atoms with Crippen molar-refractivity contribution in [3.8, 4) is 11.5 Å². The lowest BCUT2D eigenvalue weighted by molar-refractivity contribution is 0.117. The van der Waals surface area contributed by atoms with Gasteiger partial charge in [0.2, 0.25) is 6.35 Å². The molecule has 0 spiro atoms. The monoisotopic (exact) mass is 397 g/mol. The molecule has 4 aromatic carbocycles. The molecule has 3 N–H and O–H groups in total. The maximum absolute atomic E-state index is 10.3. The standard InChI is InChI=1S/C24H19N3O3/c1-30-24-26-22(25-23(27-24)21-19(28)11-6-12-20(21)29)18-13-14-7-2-3-8-15(14)16-9-4-5-10-17(16)18/h2-13,24,28-29H,1H3,(H,25,26,27). The number of amidine groups is 2. The van der Waals surface area contributed by atoms with Crippen molar-refractivity contribution in [1.82, 2.24) is 5.32 Å². The van der Waals surface area contributed by atoms with Crippen LogP contribution in [0.15, 0.2) is 82.8 Å². The molecule has 0 aromatic heterocycles. The zero-order valence-electron chi connectivity index (χ0n) is 16.2. The van der Waals surface area contributed by atoms with E-state index in [-0.39, 0.29) is 17.1 Å². The van der Waals surface area contributed by atoms with Crippen LogP contribution in [0, 0.1) is 0 Å². The van der Waals surface area contributed by atoms with Gasteiger partial charge >= 0.3 is 0 Å². The molecular formula is C24H19N3O3. The molecule has 5 rings (SSSR count). The quantitative estimate of drug-likeness (QED) is 0.454. The summed E-state index contributed by atoms with van der Waals surface area (Å²) in [6.45, 7) is 0. The van der Waals surface area contributed by atoms with Gasteiger partial charge in [0.05, 0.1) is 0 Å². The average molecular weight is 397 g/mol. The second-order valence-electron chi connectivity index (χ2n) is 7.00. The number of hydrogen-bond donors (Lipinski definition) is 3. The Labute approximate surface area is 172 Å².